The molecule has 15 rings (SSSR count). The monoisotopic (exact) mass is 1000 g/mol. The maximum absolute atomic E-state index is 2.69. The number of benzene rings is 11. The molecule has 0 aromatic heterocycles. The fourth-order valence-electron chi connectivity index (χ4n) is 14.1. The highest BCUT2D eigenvalue weighted by molar-refractivity contribution is 6.93. The molecule has 11 aromatic carbocycles. The number of hydrogen-bond donors (Lipinski definition) is 0. The number of rotatable bonds is 5. The van der Waals surface area contributed by atoms with Crippen LogP contribution < -0.4 is 25.5 Å². The zero-order valence-corrected chi connectivity index (χ0v) is 45.4. The van der Waals surface area contributed by atoms with E-state index in [0.717, 1.165) is 22.7 Å². The van der Waals surface area contributed by atoms with Crippen molar-refractivity contribution in [1.82, 2.24) is 0 Å². The molecule has 1 spiro atoms. The number of hydrogen-bond acceptors (Lipinski definition) is 3. The van der Waals surface area contributed by atoms with Crippen LogP contribution in [0.15, 0.2) is 237 Å². The van der Waals surface area contributed by atoms with Crippen molar-refractivity contribution in [3.63, 3.8) is 0 Å². The van der Waals surface area contributed by atoms with E-state index in [1.807, 2.05) is 0 Å². The lowest BCUT2D eigenvalue weighted by molar-refractivity contribution is 0.590. The average molecular weight is 1000 g/mol. The minimum Gasteiger partial charge on any atom is -0.376 e. The Morgan fingerprint density at radius 1 is 0.423 bits per heavy atom. The Bertz CT molecular complexity index is 4150. The summed E-state index contributed by atoms with van der Waals surface area (Å²) in [6, 6.07) is 90.4. The number of aryl methyl sites for hydroxylation is 1. The van der Waals surface area contributed by atoms with Crippen molar-refractivity contribution in [2.24, 2.45) is 0 Å². The number of fused-ring (bicyclic) bond motifs is 15. The lowest BCUT2D eigenvalue weighted by Gasteiger charge is -2.52. The summed E-state index contributed by atoms with van der Waals surface area (Å²) < 4.78 is 0. The molecule has 0 atom stereocenters. The van der Waals surface area contributed by atoms with Gasteiger partial charge in [-0.25, -0.2) is 0 Å². The van der Waals surface area contributed by atoms with E-state index >= 15 is 0 Å². The lowest BCUT2D eigenvalue weighted by Crippen LogP contribution is -2.62. The summed E-state index contributed by atoms with van der Waals surface area (Å²) in [4.78, 5) is 7.81. The predicted octanol–water partition coefficient (Wildman–Crippen LogP) is 18.3. The number of anilines is 8. The zero-order valence-electron chi connectivity index (χ0n) is 45.4. The van der Waals surface area contributed by atoms with Gasteiger partial charge in [0.15, 0.2) is 0 Å². The van der Waals surface area contributed by atoms with Gasteiger partial charge in [0.1, 0.15) is 0 Å². The van der Waals surface area contributed by atoms with Crippen molar-refractivity contribution < 1.29 is 0 Å². The summed E-state index contributed by atoms with van der Waals surface area (Å²) >= 11 is 0. The Hall–Kier alpha value is -8.86. The van der Waals surface area contributed by atoms with Crippen LogP contribution in [-0.4, -0.2) is 6.85 Å². The Morgan fingerprint density at radius 3 is 1.64 bits per heavy atom. The molecule has 0 radical (unpaired) electrons. The lowest BCUT2D eigenvalue weighted by atomic mass is 9.42. The maximum atomic E-state index is 2.69. The molecule has 0 saturated heterocycles. The summed E-state index contributed by atoms with van der Waals surface area (Å²) in [7, 11) is 0. The molecule has 0 saturated carbocycles. The topological polar surface area (TPSA) is 9.72 Å². The highest BCUT2D eigenvalue weighted by atomic mass is 15.2. The molecule has 11 aromatic rings. The molecule has 3 aliphatic heterocycles. The highest BCUT2D eigenvalue weighted by Gasteiger charge is 2.56. The van der Waals surface area contributed by atoms with E-state index in [0.29, 0.717) is 0 Å². The molecule has 4 heteroatoms. The summed E-state index contributed by atoms with van der Waals surface area (Å²) in [5, 5.41) is 2.51. The molecule has 0 bridgehead atoms. The second-order valence-electron chi connectivity index (χ2n) is 24.1. The largest absolute Gasteiger partial charge is 0.376 e. The SMILES string of the molecule is Cc1ccccc1-c1cc2c3c(c1)N1c4ccc5ccccc5c4C4(c5ccccc5-c5ccccc54)c4cccc(c41)B3N(c1ccccc1)c1ccc(N(c3ccc(C(C)(C)C)cc3)c3ccc(C(C)(C)C)cc3)cc1-2. The van der Waals surface area contributed by atoms with Gasteiger partial charge in [-0.2, -0.15) is 0 Å². The molecule has 0 amide bonds. The Kier molecular flexibility index (Phi) is 10.0. The molecule has 374 valence electrons. The van der Waals surface area contributed by atoms with Crippen LogP contribution in [0.2, 0.25) is 0 Å². The smallest absolute Gasteiger partial charge is 0.333 e. The zero-order chi connectivity index (χ0) is 52.8. The van der Waals surface area contributed by atoms with Gasteiger partial charge in [-0.3, -0.25) is 0 Å². The van der Waals surface area contributed by atoms with Crippen molar-refractivity contribution in [2.75, 3.05) is 14.6 Å². The highest BCUT2D eigenvalue weighted by Crippen LogP contribution is 2.65. The van der Waals surface area contributed by atoms with Crippen molar-refractivity contribution in [2.45, 2.75) is 64.7 Å². The number of para-hydroxylation sites is 2. The van der Waals surface area contributed by atoms with Crippen LogP contribution in [0.5, 0.6) is 0 Å². The third-order valence-corrected chi connectivity index (χ3v) is 17.7. The minimum absolute atomic E-state index is 0.0240. The van der Waals surface area contributed by atoms with Gasteiger partial charge in [-0.05, 0) is 173 Å². The normalized spacial score (nSPS) is 14.1. The standard InChI is InChI=1S/C74H60BN3/c1-47-20-11-13-24-56(47)49-44-61-60-46-55(76(52-37-33-50(34-38-52)72(2,3)4)53-39-35-51(36-40-53)73(5,6)7)41-43-66(60)78(54-22-9-8-10-23-54)75-65-31-19-30-64-71(65)77(68(45-49)70(61)75)67-42-32-48-21-12-14-25-57(48)69(67)74(64)62-28-17-15-26-58(62)59-27-16-18-29-63(59)74/h8-46H,1-7H3. The molecular formula is C74H60BN3. The Labute approximate surface area is 459 Å². The molecule has 4 aliphatic rings. The van der Waals surface area contributed by atoms with Gasteiger partial charge in [0.05, 0.1) is 11.1 Å². The van der Waals surface area contributed by atoms with Crippen LogP contribution in [0.3, 0.4) is 0 Å². The van der Waals surface area contributed by atoms with Gasteiger partial charge in [0.25, 0.3) is 0 Å². The van der Waals surface area contributed by atoms with E-state index in [2.05, 4.69) is 300 Å². The van der Waals surface area contributed by atoms with Crippen LogP contribution >= 0.6 is 0 Å². The van der Waals surface area contributed by atoms with E-state index < -0.39 is 5.41 Å². The van der Waals surface area contributed by atoms with Gasteiger partial charge in [-0.1, -0.05) is 205 Å². The fraction of sp³-hybridized carbons (Fsp3) is 0.135. The molecule has 1 aliphatic carbocycles. The first kappa shape index (κ1) is 46.4. The van der Waals surface area contributed by atoms with E-state index in [9.17, 15) is 0 Å². The van der Waals surface area contributed by atoms with Crippen molar-refractivity contribution in [1.29, 1.82) is 0 Å². The first-order valence-corrected chi connectivity index (χ1v) is 27.8. The van der Waals surface area contributed by atoms with Crippen LogP contribution in [-0.2, 0) is 16.2 Å². The van der Waals surface area contributed by atoms with Gasteiger partial charge < -0.3 is 14.6 Å². The summed E-state index contributed by atoms with van der Waals surface area (Å²) in [6.45, 7) is 15.9. The second kappa shape index (κ2) is 16.8. The van der Waals surface area contributed by atoms with Gasteiger partial charge in [0.2, 0.25) is 0 Å². The molecule has 78 heavy (non-hydrogen) atoms. The van der Waals surface area contributed by atoms with Gasteiger partial charge >= 0.3 is 6.85 Å². The van der Waals surface area contributed by atoms with Crippen LogP contribution in [0.25, 0.3) is 44.2 Å². The van der Waals surface area contributed by atoms with E-state index in [1.54, 1.807) is 0 Å². The second-order valence-corrected chi connectivity index (χ2v) is 24.1. The first-order chi connectivity index (χ1) is 37.9. The third kappa shape index (κ3) is 6.59. The summed E-state index contributed by atoms with van der Waals surface area (Å²) in [5.74, 6) is 0. The average Bonchev–Trinajstić information content (AvgIpc) is 3.31. The van der Waals surface area contributed by atoms with Crippen LogP contribution in [0.1, 0.15) is 80.5 Å². The van der Waals surface area contributed by atoms with Gasteiger partial charge in [0, 0.05) is 50.9 Å². The summed E-state index contributed by atoms with van der Waals surface area (Å²) in [5.41, 5.74) is 28.1. The molecular weight excluding hydrogens is 942 g/mol. The maximum Gasteiger partial charge on any atom is 0.333 e. The fourth-order valence-corrected chi connectivity index (χ4v) is 14.1. The predicted molar refractivity (Wildman–Crippen MR) is 331 cm³/mol. The minimum atomic E-state index is -0.599. The van der Waals surface area contributed by atoms with Crippen LogP contribution in [0.4, 0.5) is 45.5 Å². The van der Waals surface area contributed by atoms with Crippen molar-refractivity contribution >= 4 is 74.0 Å². The van der Waals surface area contributed by atoms with Crippen molar-refractivity contribution in [3.05, 3.63) is 276 Å². The molecule has 0 fully saturated rings. The molecule has 0 N–H and O–H groups in total. The van der Waals surface area contributed by atoms with Crippen LogP contribution in [0, 0.1) is 6.92 Å². The first-order valence-electron chi connectivity index (χ1n) is 27.8. The van der Waals surface area contributed by atoms with E-state index in [4.69, 9.17) is 0 Å². The third-order valence-electron chi connectivity index (χ3n) is 17.7. The van der Waals surface area contributed by atoms with Crippen molar-refractivity contribution in [3.8, 4) is 33.4 Å². The van der Waals surface area contributed by atoms with Gasteiger partial charge in [-0.15, -0.1) is 0 Å². The quantitative estimate of drug-likeness (QED) is 0.159. The molecule has 3 nitrogen and oxygen atoms in total. The van der Waals surface area contributed by atoms with E-state index in [-0.39, 0.29) is 17.7 Å². The Balaban J connectivity index is 1.06. The molecule has 3 heterocycles. The summed E-state index contributed by atoms with van der Waals surface area (Å²) in [6.07, 6.45) is 0. The number of nitrogens with zero attached hydrogens (tertiary/aromatic N) is 3. The van der Waals surface area contributed by atoms with E-state index in [1.165, 1.54) is 117 Å². The molecule has 0 unspecified atom stereocenters. The Morgan fingerprint density at radius 2 is 0.987 bits per heavy atom.